The van der Waals surface area contributed by atoms with Crippen LogP contribution < -0.4 is 17.0 Å². The van der Waals surface area contributed by atoms with Gasteiger partial charge < -0.3 is 15.0 Å². The van der Waals surface area contributed by atoms with E-state index in [4.69, 9.17) is 10.5 Å². The van der Waals surface area contributed by atoms with Crippen molar-refractivity contribution in [2.24, 2.45) is 11.7 Å². The number of hydrogen-bond acceptors (Lipinski definition) is 5. The SMILES string of the molecule is CC(=O)OCC(CN)CCn1ccc(=O)[nH]c1=O. The first-order valence-corrected chi connectivity index (χ1v) is 5.66. The third-order valence-corrected chi connectivity index (χ3v) is 2.53. The smallest absolute Gasteiger partial charge is 0.328 e. The van der Waals surface area contributed by atoms with Crippen LogP contribution in [0.4, 0.5) is 0 Å². The van der Waals surface area contributed by atoms with Gasteiger partial charge in [-0.2, -0.15) is 0 Å². The summed E-state index contributed by atoms with van der Waals surface area (Å²) in [6.45, 7) is 2.36. The van der Waals surface area contributed by atoms with Crippen LogP contribution in [0, 0.1) is 5.92 Å². The molecule has 0 fully saturated rings. The van der Waals surface area contributed by atoms with Crippen LogP contribution in [0.15, 0.2) is 21.9 Å². The lowest BCUT2D eigenvalue weighted by molar-refractivity contribution is -0.142. The van der Waals surface area contributed by atoms with Gasteiger partial charge in [-0.3, -0.25) is 14.6 Å². The van der Waals surface area contributed by atoms with E-state index in [1.807, 2.05) is 0 Å². The third kappa shape index (κ3) is 4.54. The molecule has 0 amide bonds. The number of H-pyrrole nitrogens is 1. The fraction of sp³-hybridized carbons (Fsp3) is 0.545. The van der Waals surface area contributed by atoms with Gasteiger partial charge in [0.05, 0.1) is 6.61 Å². The maximum Gasteiger partial charge on any atom is 0.328 e. The molecule has 0 spiro atoms. The van der Waals surface area contributed by atoms with Gasteiger partial charge in [-0.05, 0) is 13.0 Å². The van der Waals surface area contributed by atoms with Crippen molar-refractivity contribution >= 4 is 5.97 Å². The largest absolute Gasteiger partial charge is 0.466 e. The minimum absolute atomic E-state index is 0.00673. The minimum atomic E-state index is -0.453. The summed E-state index contributed by atoms with van der Waals surface area (Å²) < 4.78 is 6.26. The number of hydrogen-bond donors (Lipinski definition) is 2. The van der Waals surface area contributed by atoms with Crippen LogP contribution >= 0.6 is 0 Å². The van der Waals surface area contributed by atoms with Crippen LogP contribution in [0.3, 0.4) is 0 Å². The second-order valence-corrected chi connectivity index (χ2v) is 4.00. The fourth-order valence-corrected chi connectivity index (χ4v) is 1.45. The number of nitrogens with zero attached hydrogens (tertiary/aromatic N) is 1. The molecular formula is C11H17N3O4. The van der Waals surface area contributed by atoms with Gasteiger partial charge in [0.1, 0.15) is 0 Å². The number of esters is 1. The highest BCUT2D eigenvalue weighted by molar-refractivity contribution is 5.65. The molecule has 0 aromatic carbocycles. The second-order valence-electron chi connectivity index (χ2n) is 4.00. The quantitative estimate of drug-likeness (QED) is 0.638. The first-order chi connectivity index (χ1) is 8.52. The Bertz CT molecular complexity index is 506. The molecule has 0 aliphatic heterocycles. The van der Waals surface area contributed by atoms with E-state index in [0.717, 1.165) is 0 Å². The van der Waals surface area contributed by atoms with Crippen LogP contribution in [0.25, 0.3) is 0 Å². The lowest BCUT2D eigenvalue weighted by Crippen LogP contribution is -2.30. The zero-order valence-corrected chi connectivity index (χ0v) is 10.2. The Morgan fingerprint density at radius 2 is 2.28 bits per heavy atom. The van der Waals surface area contributed by atoms with Crippen LogP contribution in [-0.4, -0.2) is 28.7 Å². The van der Waals surface area contributed by atoms with Crippen molar-refractivity contribution in [3.63, 3.8) is 0 Å². The first kappa shape index (κ1) is 14.2. The molecule has 1 heterocycles. The number of aryl methyl sites for hydroxylation is 1. The van der Waals surface area contributed by atoms with Crippen molar-refractivity contribution in [2.75, 3.05) is 13.2 Å². The molecule has 100 valence electrons. The summed E-state index contributed by atoms with van der Waals surface area (Å²) in [6.07, 6.45) is 2.02. The van der Waals surface area contributed by atoms with E-state index in [0.29, 0.717) is 19.5 Å². The van der Waals surface area contributed by atoms with Crippen molar-refractivity contribution in [3.8, 4) is 0 Å². The van der Waals surface area contributed by atoms with E-state index in [9.17, 15) is 14.4 Å². The number of nitrogens with two attached hydrogens (primary N) is 1. The molecular weight excluding hydrogens is 238 g/mol. The molecule has 18 heavy (non-hydrogen) atoms. The Balaban J connectivity index is 2.54. The molecule has 0 saturated carbocycles. The Kier molecular flexibility index (Phi) is 5.31. The molecule has 0 aliphatic carbocycles. The van der Waals surface area contributed by atoms with Gasteiger partial charge in [0.25, 0.3) is 5.56 Å². The molecule has 1 unspecified atom stereocenters. The second kappa shape index (κ2) is 6.75. The van der Waals surface area contributed by atoms with E-state index < -0.39 is 11.2 Å². The zero-order chi connectivity index (χ0) is 13.5. The summed E-state index contributed by atoms with van der Waals surface area (Å²) in [4.78, 5) is 35.1. The maximum atomic E-state index is 11.4. The summed E-state index contributed by atoms with van der Waals surface area (Å²) in [5.74, 6) is -0.359. The predicted molar refractivity (Wildman–Crippen MR) is 65.1 cm³/mol. The molecule has 1 atom stereocenters. The number of carbonyl (C=O) groups excluding carboxylic acids is 1. The lowest BCUT2D eigenvalue weighted by Gasteiger charge is -2.14. The number of ether oxygens (including phenoxy) is 1. The van der Waals surface area contributed by atoms with Crippen LogP contribution in [-0.2, 0) is 16.1 Å². The Morgan fingerprint density at radius 3 is 2.83 bits per heavy atom. The normalized spacial score (nSPS) is 12.1. The summed E-state index contributed by atoms with van der Waals surface area (Å²) >= 11 is 0. The molecule has 0 saturated heterocycles. The topological polar surface area (TPSA) is 107 Å². The fourth-order valence-electron chi connectivity index (χ4n) is 1.45. The number of aromatic nitrogens is 2. The highest BCUT2D eigenvalue weighted by Crippen LogP contribution is 2.03. The molecule has 1 aromatic rings. The Hall–Kier alpha value is -1.89. The van der Waals surface area contributed by atoms with Crippen molar-refractivity contribution in [3.05, 3.63) is 33.1 Å². The van der Waals surface area contributed by atoms with E-state index in [1.54, 1.807) is 0 Å². The number of rotatable bonds is 6. The summed E-state index contributed by atoms with van der Waals surface area (Å²) in [6, 6.07) is 1.28. The molecule has 7 heteroatoms. The van der Waals surface area contributed by atoms with Crippen LogP contribution in [0.5, 0.6) is 0 Å². The highest BCUT2D eigenvalue weighted by Gasteiger charge is 2.09. The van der Waals surface area contributed by atoms with Gasteiger partial charge in [-0.15, -0.1) is 0 Å². The van der Waals surface area contributed by atoms with Crippen molar-refractivity contribution in [1.82, 2.24) is 9.55 Å². The molecule has 7 nitrogen and oxygen atoms in total. The van der Waals surface area contributed by atoms with Gasteiger partial charge in [-0.1, -0.05) is 0 Å². The average Bonchev–Trinajstić information content (AvgIpc) is 2.31. The van der Waals surface area contributed by atoms with Gasteiger partial charge in [0, 0.05) is 31.6 Å². The van der Waals surface area contributed by atoms with Crippen molar-refractivity contribution < 1.29 is 9.53 Å². The summed E-state index contributed by atoms with van der Waals surface area (Å²) in [5, 5.41) is 0. The third-order valence-electron chi connectivity index (χ3n) is 2.53. The predicted octanol–water partition coefficient (Wildman–Crippen LogP) is -0.935. The molecule has 0 radical (unpaired) electrons. The van der Waals surface area contributed by atoms with Gasteiger partial charge in [-0.25, -0.2) is 4.79 Å². The van der Waals surface area contributed by atoms with Crippen molar-refractivity contribution in [2.45, 2.75) is 19.9 Å². The van der Waals surface area contributed by atoms with Crippen molar-refractivity contribution in [1.29, 1.82) is 0 Å². The number of nitrogens with one attached hydrogen (secondary N) is 1. The van der Waals surface area contributed by atoms with E-state index in [2.05, 4.69) is 4.98 Å². The molecule has 3 N–H and O–H groups in total. The van der Waals surface area contributed by atoms with Gasteiger partial charge >= 0.3 is 11.7 Å². The average molecular weight is 255 g/mol. The van der Waals surface area contributed by atoms with Crippen LogP contribution in [0.1, 0.15) is 13.3 Å². The first-order valence-electron chi connectivity index (χ1n) is 5.66. The standard InChI is InChI=1S/C11H17N3O4/c1-8(15)18-7-9(6-12)2-4-14-5-3-10(16)13-11(14)17/h3,5,9H,2,4,6-7,12H2,1H3,(H,13,16,17). The van der Waals surface area contributed by atoms with Gasteiger partial charge in [0.2, 0.25) is 0 Å². The number of carbonyl (C=O) groups is 1. The zero-order valence-electron chi connectivity index (χ0n) is 10.2. The monoisotopic (exact) mass is 255 g/mol. The summed E-state index contributed by atoms with van der Waals surface area (Å²) in [5.41, 5.74) is 4.67. The Labute approximate surface area is 104 Å². The summed E-state index contributed by atoms with van der Waals surface area (Å²) in [7, 11) is 0. The van der Waals surface area contributed by atoms with E-state index in [1.165, 1.54) is 23.8 Å². The Morgan fingerprint density at radius 1 is 1.56 bits per heavy atom. The molecule has 0 aliphatic rings. The molecule has 0 bridgehead atoms. The van der Waals surface area contributed by atoms with E-state index in [-0.39, 0.29) is 18.5 Å². The number of aromatic amines is 1. The van der Waals surface area contributed by atoms with Crippen LogP contribution in [0.2, 0.25) is 0 Å². The highest BCUT2D eigenvalue weighted by atomic mass is 16.5. The maximum absolute atomic E-state index is 11.4. The minimum Gasteiger partial charge on any atom is -0.466 e. The molecule has 1 rings (SSSR count). The van der Waals surface area contributed by atoms with Gasteiger partial charge in [0.15, 0.2) is 0 Å². The molecule has 1 aromatic heterocycles. The van der Waals surface area contributed by atoms with E-state index >= 15 is 0 Å². The lowest BCUT2D eigenvalue weighted by atomic mass is 10.1.